The van der Waals surface area contributed by atoms with E-state index in [2.05, 4.69) is 5.32 Å². The monoisotopic (exact) mass is 211 g/mol. The van der Waals surface area contributed by atoms with E-state index in [0.29, 0.717) is 11.1 Å². The summed E-state index contributed by atoms with van der Waals surface area (Å²) in [5.74, 6) is 0.231. The fourth-order valence-electron chi connectivity index (χ4n) is 1.92. The van der Waals surface area contributed by atoms with Crippen LogP contribution in [0.3, 0.4) is 0 Å². The third-order valence-corrected chi connectivity index (χ3v) is 3.00. The quantitative estimate of drug-likeness (QED) is 0.749. The molecule has 14 heavy (non-hydrogen) atoms. The van der Waals surface area contributed by atoms with Crippen molar-refractivity contribution >= 4 is 11.6 Å². The lowest BCUT2D eigenvalue weighted by atomic mass is 9.97. The number of phenolic OH excluding ortho intramolecular Hbond substituents is 1. The number of aromatic hydroxyl groups is 1. The molecule has 1 aliphatic heterocycles. The van der Waals surface area contributed by atoms with E-state index >= 15 is 0 Å². The Balaban J connectivity index is 2.22. The van der Waals surface area contributed by atoms with E-state index < -0.39 is 0 Å². The van der Waals surface area contributed by atoms with Crippen molar-refractivity contribution in [1.82, 2.24) is 5.32 Å². The molecule has 2 N–H and O–H groups in total. The first-order chi connectivity index (χ1) is 6.77. The van der Waals surface area contributed by atoms with Crippen LogP contribution in [0.2, 0.25) is 5.02 Å². The largest absolute Gasteiger partial charge is 0.508 e. The van der Waals surface area contributed by atoms with E-state index in [1.807, 2.05) is 6.07 Å². The van der Waals surface area contributed by atoms with Gasteiger partial charge in [0, 0.05) is 11.1 Å². The molecule has 0 spiro atoms. The van der Waals surface area contributed by atoms with Crippen LogP contribution in [0.5, 0.6) is 5.75 Å². The van der Waals surface area contributed by atoms with Crippen LogP contribution in [0.4, 0.5) is 0 Å². The number of phenols is 1. The van der Waals surface area contributed by atoms with Gasteiger partial charge in [-0.05, 0) is 37.1 Å². The minimum atomic E-state index is 0.231. The topological polar surface area (TPSA) is 32.3 Å². The number of hydrogen-bond donors (Lipinski definition) is 2. The third-order valence-electron chi connectivity index (χ3n) is 2.67. The van der Waals surface area contributed by atoms with Crippen molar-refractivity contribution in [1.29, 1.82) is 0 Å². The summed E-state index contributed by atoms with van der Waals surface area (Å²) in [5, 5.41) is 13.3. The lowest BCUT2D eigenvalue weighted by Gasteiger charge is -2.24. The van der Waals surface area contributed by atoms with Crippen LogP contribution in [-0.2, 0) is 0 Å². The van der Waals surface area contributed by atoms with Gasteiger partial charge in [0.1, 0.15) is 5.75 Å². The van der Waals surface area contributed by atoms with E-state index in [4.69, 9.17) is 11.6 Å². The SMILES string of the molecule is Oc1ccc(C2CCCCN2)c(Cl)c1. The van der Waals surface area contributed by atoms with Gasteiger partial charge in [-0.25, -0.2) is 0 Å². The van der Waals surface area contributed by atoms with Gasteiger partial charge in [0.2, 0.25) is 0 Å². The lowest BCUT2D eigenvalue weighted by Crippen LogP contribution is -2.26. The average Bonchev–Trinajstić information content (AvgIpc) is 2.19. The number of nitrogens with one attached hydrogen (secondary N) is 1. The van der Waals surface area contributed by atoms with Crippen molar-refractivity contribution in [3.8, 4) is 5.75 Å². The molecule has 76 valence electrons. The summed E-state index contributed by atoms with van der Waals surface area (Å²) in [6.45, 7) is 1.06. The summed E-state index contributed by atoms with van der Waals surface area (Å²) < 4.78 is 0. The Kier molecular flexibility index (Phi) is 2.94. The summed E-state index contributed by atoms with van der Waals surface area (Å²) >= 11 is 6.06. The van der Waals surface area contributed by atoms with Crippen molar-refractivity contribution < 1.29 is 5.11 Å². The molecule has 1 unspecified atom stereocenters. The van der Waals surface area contributed by atoms with Crippen molar-refractivity contribution in [3.05, 3.63) is 28.8 Å². The Morgan fingerprint density at radius 2 is 2.21 bits per heavy atom. The van der Waals surface area contributed by atoms with Gasteiger partial charge in [0.05, 0.1) is 0 Å². The highest BCUT2D eigenvalue weighted by atomic mass is 35.5. The fourth-order valence-corrected chi connectivity index (χ4v) is 2.22. The highest BCUT2D eigenvalue weighted by Crippen LogP contribution is 2.30. The summed E-state index contributed by atoms with van der Waals surface area (Å²) in [4.78, 5) is 0. The van der Waals surface area contributed by atoms with Crippen LogP contribution in [0.1, 0.15) is 30.9 Å². The second-order valence-corrected chi connectivity index (χ2v) is 4.12. The summed E-state index contributed by atoms with van der Waals surface area (Å²) in [5.41, 5.74) is 1.10. The molecule has 0 aliphatic carbocycles. The molecule has 1 atom stereocenters. The van der Waals surface area contributed by atoms with Gasteiger partial charge in [-0.3, -0.25) is 0 Å². The predicted octanol–water partition coefficient (Wildman–Crippen LogP) is 2.86. The third kappa shape index (κ3) is 2.02. The van der Waals surface area contributed by atoms with Crippen LogP contribution in [-0.4, -0.2) is 11.7 Å². The first-order valence-electron chi connectivity index (χ1n) is 4.99. The standard InChI is InChI=1S/C11H14ClNO/c12-10-7-8(14)4-5-9(10)11-3-1-2-6-13-11/h4-5,7,11,13-14H,1-3,6H2. The zero-order valence-electron chi connectivity index (χ0n) is 7.96. The Hall–Kier alpha value is -0.730. The predicted molar refractivity (Wildman–Crippen MR) is 57.7 cm³/mol. The molecule has 0 aromatic heterocycles. The first-order valence-corrected chi connectivity index (χ1v) is 5.37. The second-order valence-electron chi connectivity index (χ2n) is 3.71. The number of piperidine rings is 1. The molecule has 2 nitrogen and oxygen atoms in total. The first kappa shape index (κ1) is 9.81. The van der Waals surface area contributed by atoms with Gasteiger partial charge < -0.3 is 10.4 Å². The van der Waals surface area contributed by atoms with Crippen LogP contribution in [0.15, 0.2) is 18.2 Å². The summed E-state index contributed by atoms with van der Waals surface area (Å²) in [7, 11) is 0. The molecule has 1 aromatic carbocycles. The van der Waals surface area contributed by atoms with E-state index in [1.54, 1.807) is 12.1 Å². The maximum Gasteiger partial charge on any atom is 0.117 e. The Labute approximate surface area is 88.9 Å². The molecular weight excluding hydrogens is 198 g/mol. The number of benzene rings is 1. The van der Waals surface area contributed by atoms with Gasteiger partial charge in [0.25, 0.3) is 0 Å². The van der Waals surface area contributed by atoms with Gasteiger partial charge in [-0.2, -0.15) is 0 Å². The molecule has 1 aromatic rings. The molecular formula is C11H14ClNO. The van der Waals surface area contributed by atoms with Crippen molar-refractivity contribution in [2.24, 2.45) is 0 Å². The molecule has 1 fully saturated rings. The maximum absolute atomic E-state index is 9.23. The molecule has 1 aliphatic rings. The number of rotatable bonds is 1. The van der Waals surface area contributed by atoms with E-state index in [1.165, 1.54) is 12.8 Å². The Morgan fingerprint density at radius 3 is 2.86 bits per heavy atom. The van der Waals surface area contributed by atoms with Gasteiger partial charge in [-0.15, -0.1) is 0 Å². The van der Waals surface area contributed by atoms with E-state index in [-0.39, 0.29) is 5.75 Å². The van der Waals surface area contributed by atoms with Crippen LogP contribution in [0.25, 0.3) is 0 Å². The molecule has 2 rings (SSSR count). The van der Waals surface area contributed by atoms with E-state index in [9.17, 15) is 5.11 Å². The Bertz CT molecular complexity index is 321. The van der Waals surface area contributed by atoms with Crippen LogP contribution >= 0.6 is 11.6 Å². The lowest BCUT2D eigenvalue weighted by molar-refractivity contribution is 0.411. The van der Waals surface area contributed by atoms with Crippen LogP contribution in [0, 0.1) is 0 Å². The number of hydrogen-bond acceptors (Lipinski definition) is 2. The zero-order valence-corrected chi connectivity index (χ0v) is 8.72. The minimum Gasteiger partial charge on any atom is -0.508 e. The highest BCUT2D eigenvalue weighted by Gasteiger charge is 2.17. The Morgan fingerprint density at radius 1 is 1.36 bits per heavy atom. The number of halogens is 1. The molecule has 1 heterocycles. The second kappa shape index (κ2) is 4.20. The van der Waals surface area contributed by atoms with Gasteiger partial charge in [-0.1, -0.05) is 24.1 Å². The molecule has 0 amide bonds. The molecule has 0 radical (unpaired) electrons. The molecule has 0 saturated carbocycles. The molecule has 1 saturated heterocycles. The van der Waals surface area contributed by atoms with Crippen LogP contribution < -0.4 is 5.32 Å². The molecule has 0 bridgehead atoms. The average molecular weight is 212 g/mol. The van der Waals surface area contributed by atoms with Gasteiger partial charge >= 0.3 is 0 Å². The maximum atomic E-state index is 9.23. The smallest absolute Gasteiger partial charge is 0.117 e. The van der Waals surface area contributed by atoms with E-state index in [0.717, 1.165) is 18.5 Å². The molecule has 3 heteroatoms. The fraction of sp³-hybridized carbons (Fsp3) is 0.455. The van der Waals surface area contributed by atoms with Crippen molar-refractivity contribution in [2.75, 3.05) is 6.54 Å². The van der Waals surface area contributed by atoms with Crippen molar-refractivity contribution in [3.63, 3.8) is 0 Å². The summed E-state index contributed by atoms with van der Waals surface area (Å²) in [6, 6.07) is 5.56. The van der Waals surface area contributed by atoms with Crippen molar-refractivity contribution in [2.45, 2.75) is 25.3 Å². The normalized spacial score (nSPS) is 22.2. The minimum absolute atomic E-state index is 0.231. The van der Waals surface area contributed by atoms with Gasteiger partial charge in [0.15, 0.2) is 0 Å². The highest BCUT2D eigenvalue weighted by molar-refractivity contribution is 6.31. The zero-order chi connectivity index (χ0) is 9.97. The summed E-state index contributed by atoms with van der Waals surface area (Å²) in [6.07, 6.45) is 3.62.